The van der Waals surface area contributed by atoms with Crippen LogP contribution in [0.1, 0.15) is 44.2 Å². The molecule has 3 nitrogen and oxygen atoms in total. The van der Waals surface area contributed by atoms with Gasteiger partial charge in [0, 0.05) is 13.1 Å². The first-order chi connectivity index (χ1) is 9.00. The number of likely N-dealkylation sites (N-methyl/N-ethyl adjacent to an activating group) is 1. The summed E-state index contributed by atoms with van der Waals surface area (Å²) >= 11 is 6.36. The zero-order valence-corrected chi connectivity index (χ0v) is 12.4. The van der Waals surface area contributed by atoms with E-state index in [1.165, 1.54) is 6.42 Å². The molecule has 1 fully saturated rings. The third-order valence-electron chi connectivity index (χ3n) is 4.07. The minimum absolute atomic E-state index is 0.0165. The van der Waals surface area contributed by atoms with Crippen molar-refractivity contribution in [3.8, 4) is 0 Å². The fourth-order valence-corrected chi connectivity index (χ4v) is 3.14. The molecule has 0 bridgehead atoms. The van der Waals surface area contributed by atoms with Crippen LogP contribution in [0.25, 0.3) is 0 Å². The molecule has 3 atom stereocenters. The Morgan fingerprint density at radius 1 is 1.37 bits per heavy atom. The fraction of sp³-hybridized carbons (Fsp3) is 0.600. The van der Waals surface area contributed by atoms with Crippen LogP contribution in [0.15, 0.2) is 18.2 Å². The van der Waals surface area contributed by atoms with Gasteiger partial charge in [-0.2, -0.15) is 0 Å². The number of hydrogen-bond acceptors (Lipinski definition) is 3. The lowest BCUT2D eigenvalue weighted by molar-refractivity contribution is 0.106. The van der Waals surface area contributed by atoms with Gasteiger partial charge in [-0.15, -0.1) is 0 Å². The van der Waals surface area contributed by atoms with Crippen LogP contribution < -0.4 is 10.6 Å². The Bertz CT molecular complexity index is 436. The van der Waals surface area contributed by atoms with Crippen LogP contribution in [0, 0.1) is 0 Å². The van der Waals surface area contributed by atoms with Crippen LogP contribution >= 0.6 is 11.6 Å². The van der Waals surface area contributed by atoms with Gasteiger partial charge in [-0.05, 0) is 37.5 Å². The van der Waals surface area contributed by atoms with E-state index in [2.05, 4.69) is 4.90 Å². The number of benzene rings is 1. The van der Waals surface area contributed by atoms with Gasteiger partial charge in [0.15, 0.2) is 0 Å². The summed E-state index contributed by atoms with van der Waals surface area (Å²) in [6.45, 7) is 1.94. The number of nitrogens with two attached hydrogens (primary N) is 1. The van der Waals surface area contributed by atoms with Crippen molar-refractivity contribution in [1.29, 1.82) is 0 Å². The number of nitrogens with zero attached hydrogens (tertiary/aromatic N) is 1. The Balaban J connectivity index is 2.21. The number of rotatable bonds is 3. The minimum Gasteiger partial charge on any atom is -0.391 e. The number of halogens is 1. The molecule has 2 rings (SSSR count). The first-order valence-corrected chi connectivity index (χ1v) is 7.34. The summed E-state index contributed by atoms with van der Waals surface area (Å²) in [6.07, 6.45) is 3.92. The summed E-state index contributed by atoms with van der Waals surface area (Å²) in [5.74, 6) is 0. The quantitative estimate of drug-likeness (QED) is 0.896. The molecular weight excluding hydrogens is 260 g/mol. The van der Waals surface area contributed by atoms with E-state index in [-0.39, 0.29) is 18.2 Å². The van der Waals surface area contributed by atoms with Gasteiger partial charge >= 0.3 is 0 Å². The van der Waals surface area contributed by atoms with Gasteiger partial charge in [0.05, 0.1) is 22.9 Å². The molecule has 0 aromatic heterocycles. The van der Waals surface area contributed by atoms with Crippen LogP contribution in [0.3, 0.4) is 0 Å². The largest absolute Gasteiger partial charge is 0.391 e. The highest BCUT2D eigenvalue weighted by atomic mass is 35.5. The van der Waals surface area contributed by atoms with Gasteiger partial charge in [-0.1, -0.05) is 30.5 Å². The van der Waals surface area contributed by atoms with Crippen molar-refractivity contribution in [2.45, 2.75) is 50.8 Å². The van der Waals surface area contributed by atoms with E-state index in [4.69, 9.17) is 17.3 Å². The van der Waals surface area contributed by atoms with Crippen molar-refractivity contribution in [2.24, 2.45) is 5.73 Å². The van der Waals surface area contributed by atoms with Crippen molar-refractivity contribution in [2.75, 3.05) is 11.9 Å². The topological polar surface area (TPSA) is 49.5 Å². The number of aliphatic hydroxyl groups excluding tert-OH is 1. The summed E-state index contributed by atoms with van der Waals surface area (Å²) in [5, 5.41) is 10.8. The van der Waals surface area contributed by atoms with Crippen molar-refractivity contribution in [3.05, 3.63) is 28.8 Å². The first kappa shape index (κ1) is 14.6. The molecule has 1 aliphatic rings. The van der Waals surface area contributed by atoms with Crippen LogP contribution in [-0.2, 0) is 0 Å². The van der Waals surface area contributed by atoms with E-state index in [1.54, 1.807) is 0 Å². The molecule has 4 heteroatoms. The normalized spacial score (nSPS) is 25.1. The van der Waals surface area contributed by atoms with Gasteiger partial charge in [0.1, 0.15) is 0 Å². The highest BCUT2D eigenvalue weighted by Crippen LogP contribution is 2.32. The van der Waals surface area contributed by atoms with Crippen molar-refractivity contribution in [3.63, 3.8) is 0 Å². The average molecular weight is 283 g/mol. The Morgan fingerprint density at radius 2 is 2.05 bits per heavy atom. The Morgan fingerprint density at radius 3 is 2.63 bits per heavy atom. The van der Waals surface area contributed by atoms with Gasteiger partial charge in [-0.3, -0.25) is 0 Å². The lowest BCUT2D eigenvalue weighted by Crippen LogP contribution is -2.43. The molecule has 1 aliphatic carbocycles. The summed E-state index contributed by atoms with van der Waals surface area (Å²) in [5.41, 5.74) is 7.86. The maximum Gasteiger partial charge on any atom is 0.0743 e. The maximum atomic E-state index is 10.1. The first-order valence-electron chi connectivity index (χ1n) is 6.96. The van der Waals surface area contributed by atoms with Crippen LogP contribution in [0.5, 0.6) is 0 Å². The van der Waals surface area contributed by atoms with Gasteiger partial charge in [0.2, 0.25) is 0 Å². The fourth-order valence-electron chi connectivity index (χ4n) is 2.81. The summed E-state index contributed by atoms with van der Waals surface area (Å²) in [6, 6.07) is 6.08. The third kappa shape index (κ3) is 3.22. The van der Waals surface area contributed by atoms with E-state index in [0.717, 1.165) is 30.5 Å². The van der Waals surface area contributed by atoms with Crippen LogP contribution in [0.4, 0.5) is 5.69 Å². The van der Waals surface area contributed by atoms with Gasteiger partial charge in [0.25, 0.3) is 0 Å². The van der Waals surface area contributed by atoms with Crippen molar-refractivity contribution < 1.29 is 5.11 Å². The molecule has 0 radical (unpaired) electrons. The Labute approximate surface area is 120 Å². The summed E-state index contributed by atoms with van der Waals surface area (Å²) in [7, 11) is 2.01. The van der Waals surface area contributed by atoms with E-state index < -0.39 is 0 Å². The highest BCUT2D eigenvalue weighted by molar-refractivity contribution is 6.33. The smallest absolute Gasteiger partial charge is 0.0743 e. The average Bonchev–Trinajstić information content (AvgIpc) is 2.38. The molecular formula is C15H23ClN2O. The third-order valence-corrected chi connectivity index (χ3v) is 4.37. The minimum atomic E-state index is -0.261. The second-order valence-corrected chi connectivity index (χ2v) is 5.94. The number of hydrogen-bond donors (Lipinski definition) is 2. The predicted octanol–water partition coefficient (Wildman–Crippen LogP) is 3.10. The Kier molecular flexibility index (Phi) is 4.71. The predicted molar refractivity (Wildman–Crippen MR) is 80.7 cm³/mol. The van der Waals surface area contributed by atoms with E-state index in [1.807, 2.05) is 32.2 Å². The molecule has 0 heterocycles. The zero-order chi connectivity index (χ0) is 14.0. The molecule has 0 saturated heterocycles. The molecule has 3 N–H and O–H groups in total. The van der Waals surface area contributed by atoms with Crippen LogP contribution in [0.2, 0.25) is 5.02 Å². The molecule has 1 saturated carbocycles. The van der Waals surface area contributed by atoms with E-state index in [0.29, 0.717) is 5.02 Å². The van der Waals surface area contributed by atoms with E-state index in [9.17, 15) is 5.11 Å². The molecule has 0 amide bonds. The molecule has 19 heavy (non-hydrogen) atoms. The standard InChI is InChI=1S/C15H23ClN2O/c1-10(17)11-7-8-13(12(16)9-11)18(2)14-5-3-4-6-15(14)19/h7-10,14-15,19H,3-6,17H2,1-2H3/t10-,14?,15?/m1/s1. The molecule has 106 valence electrons. The second-order valence-electron chi connectivity index (χ2n) is 5.53. The van der Waals surface area contributed by atoms with Gasteiger partial charge in [-0.25, -0.2) is 0 Å². The monoisotopic (exact) mass is 282 g/mol. The zero-order valence-electron chi connectivity index (χ0n) is 11.6. The van der Waals surface area contributed by atoms with Crippen LogP contribution in [-0.4, -0.2) is 24.3 Å². The molecule has 2 unspecified atom stereocenters. The molecule has 1 aromatic carbocycles. The number of aliphatic hydroxyl groups is 1. The van der Waals surface area contributed by atoms with E-state index >= 15 is 0 Å². The highest BCUT2D eigenvalue weighted by Gasteiger charge is 2.27. The summed E-state index contributed by atoms with van der Waals surface area (Å²) < 4.78 is 0. The van der Waals surface area contributed by atoms with Crippen molar-refractivity contribution >= 4 is 17.3 Å². The van der Waals surface area contributed by atoms with Gasteiger partial charge < -0.3 is 15.7 Å². The lowest BCUT2D eigenvalue weighted by atomic mass is 9.91. The lowest BCUT2D eigenvalue weighted by Gasteiger charge is -2.37. The molecule has 0 spiro atoms. The summed E-state index contributed by atoms with van der Waals surface area (Å²) in [4.78, 5) is 2.11. The SMILES string of the molecule is C[C@@H](N)c1ccc(N(C)C2CCCCC2O)c(Cl)c1. The molecule has 0 aliphatic heterocycles. The second kappa shape index (κ2) is 6.12. The maximum absolute atomic E-state index is 10.1. The molecule has 1 aromatic rings. The number of anilines is 1. The Hall–Kier alpha value is -0.770. The van der Waals surface area contributed by atoms with Crippen molar-refractivity contribution in [1.82, 2.24) is 0 Å².